The van der Waals surface area contributed by atoms with Gasteiger partial charge in [-0.05, 0) is 38.5 Å². The maximum absolute atomic E-state index is 12.6. The Kier molecular flexibility index (Phi) is 4.76. The highest BCUT2D eigenvalue weighted by Crippen LogP contribution is 2.35. The monoisotopic (exact) mass is 346 g/mol. The number of carbonyl (C=O) groups excluding carboxylic acids is 1. The largest absolute Gasteiger partial charge is 0.486 e. The maximum atomic E-state index is 12.6. The zero-order valence-corrected chi connectivity index (χ0v) is 15.0. The van der Waals surface area contributed by atoms with Crippen molar-refractivity contribution in [1.82, 2.24) is 10.3 Å². The van der Waals surface area contributed by atoms with Crippen molar-refractivity contribution in [2.24, 2.45) is 0 Å². The van der Waals surface area contributed by atoms with Gasteiger partial charge in [-0.3, -0.25) is 4.79 Å². The number of thiazole rings is 1. The van der Waals surface area contributed by atoms with Gasteiger partial charge in [-0.25, -0.2) is 4.98 Å². The Labute approximate surface area is 146 Å². The lowest BCUT2D eigenvalue weighted by Gasteiger charge is -2.26. The molecule has 2 aromatic rings. The number of aryl methyl sites for hydroxylation is 1. The molecule has 0 spiro atoms. The van der Waals surface area contributed by atoms with Crippen molar-refractivity contribution in [3.8, 4) is 11.5 Å². The van der Waals surface area contributed by atoms with Crippen molar-refractivity contribution in [3.05, 3.63) is 39.8 Å². The van der Waals surface area contributed by atoms with Crippen LogP contribution in [0.3, 0.4) is 0 Å². The molecule has 1 aromatic heterocycles. The molecule has 0 fully saturated rings. The fourth-order valence-corrected chi connectivity index (χ4v) is 3.26. The van der Waals surface area contributed by atoms with Crippen LogP contribution in [-0.2, 0) is 16.6 Å². The van der Waals surface area contributed by atoms with Gasteiger partial charge in [-0.1, -0.05) is 6.07 Å². The minimum atomic E-state index is -0.645. The first-order valence-corrected chi connectivity index (χ1v) is 8.94. The van der Waals surface area contributed by atoms with E-state index in [1.54, 1.807) is 11.3 Å². The molecule has 1 aliphatic rings. The summed E-state index contributed by atoms with van der Waals surface area (Å²) in [7, 11) is 0. The van der Waals surface area contributed by atoms with Crippen LogP contribution >= 0.6 is 11.3 Å². The number of carbonyl (C=O) groups is 1. The molecular formula is C18H22N2O3S. The second-order valence-electron chi connectivity index (χ2n) is 6.35. The van der Waals surface area contributed by atoms with Crippen molar-refractivity contribution in [3.63, 3.8) is 0 Å². The Morgan fingerprint density at radius 3 is 2.75 bits per heavy atom. The summed E-state index contributed by atoms with van der Waals surface area (Å²) in [5, 5.41) is 6.10. The Balaban J connectivity index is 1.64. The molecule has 1 N–H and O–H groups in total. The van der Waals surface area contributed by atoms with Gasteiger partial charge in [0, 0.05) is 18.3 Å². The summed E-state index contributed by atoms with van der Waals surface area (Å²) in [6, 6.07) is 5.70. The van der Waals surface area contributed by atoms with Gasteiger partial charge < -0.3 is 14.8 Å². The minimum Gasteiger partial charge on any atom is -0.486 e. The van der Waals surface area contributed by atoms with Crippen LogP contribution in [0.4, 0.5) is 0 Å². The standard InChI is InChI=1S/C18H22N2O3S/c1-12-20-14(11-24-12)6-7-19-17(21)18(2,3)13-4-5-15-16(10-13)23-9-8-22-15/h4-5,10-11H,6-9H2,1-3H3,(H,19,21). The lowest BCUT2D eigenvalue weighted by Crippen LogP contribution is -2.41. The normalized spacial score (nSPS) is 13.6. The minimum absolute atomic E-state index is 0.00821. The molecule has 128 valence electrons. The van der Waals surface area contributed by atoms with Gasteiger partial charge in [0.25, 0.3) is 0 Å². The van der Waals surface area contributed by atoms with Crippen molar-refractivity contribution in [1.29, 1.82) is 0 Å². The van der Waals surface area contributed by atoms with E-state index in [1.807, 2.05) is 44.4 Å². The Hall–Kier alpha value is -2.08. The third-order valence-corrected chi connectivity index (χ3v) is 4.99. The van der Waals surface area contributed by atoms with Crippen molar-refractivity contribution >= 4 is 17.2 Å². The van der Waals surface area contributed by atoms with Crippen molar-refractivity contribution < 1.29 is 14.3 Å². The van der Waals surface area contributed by atoms with Crippen LogP contribution in [-0.4, -0.2) is 30.6 Å². The van der Waals surface area contributed by atoms with Gasteiger partial charge in [0.15, 0.2) is 11.5 Å². The smallest absolute Gasteiger partial charge is 0.230 e. The van der Waals surface area contributed by atoms with Gasteiger partial charge in [0.2, 0.25) is 5.91 Å². The highest BCUT2D eigenvalue weighted by molar-refractivity contribution is 7.09. The fourth-order valence-electron chi connectivity index (χ4n) is 2.61. The summed E-state index contributed by atoms with van der Waals surface area (Å²) in [6.45, 7) is 7.50. The first-order valence-electron chi connectivity index (χ1n) is 8.06. The second-order valence-corrected chi connectivity index (χ2v) is 7.41. The molecule has 3 rings (SSSR count). The lowest BCUT2D eigenvalue weighted by atomic mass is 9.83. The molecule has 0 aliphatic carbocycles. The van der Waals surface area contributed by atoms with E-state index in [-0.39, 0.29) is 5.91 Å². The number of ether oxygens (including phenoxy) is 2. The number of nitrogens with one attached hydrogen (secondary N) is 1. The fraction of sp³-hybridized carbons (Fsp3) is 0.444. The van der Waals surface area contributed by atoms with Crippen LogP contribution in [0.25, 0.3) is 0 Å². The van der Waals surface area contributed by atoms with Crippen LogP contribution in [0.5, 0.6) is 11.5 Å². The molecular weight excluding hydrogens is 324 g/mol. The van der Waals surface area contributed by atoms with Gasteiger partial charge in [-0.2, -0.15) is 0 Å². The quantitative estimate of drug-likeness (QED) is 0.904. The summed E-state index contributed by atoms with van der Waals surface area (Å²) in [4.78, 5) is 17.0. The molecule has 6 heteroatoms. The van der Waals surface area contributed by atoms with Gasteiger partial charge >= 0.3 is 0 Å². The highest BCUT2D eigenvalue weighted by atomic mass is 32.1. The number of benzene rings is 1. The first-order chi connectivity index (χ1) is 11.5. The number of nitrogens with zero attached hydrogens (tertiary/aromatic N) is 1. The molecule has 0 atom stereocenters. The van der Waals surface area contributed by atoms with E-state index in [2.05, 4.69) is 10.3 Å². The Bertz CT molecular complexity index is 740. The predicted octanol–water partition coefficient (Wildman–Crippen LogP) is 2.86. The molecule has 0 saturated carbocycles. The van der Waals surface area contributed by atoms with Gasteiger partial charge in [0.05, 0.1) is 16.1 Å². The molecule has 0 saturated heterocycles. The van der Waals surface area contributed by atoms with E-state index in [4.69, 9.17) is 9.47 Å². The lowest BCUT2D eigenvalue weighted by molar-refractivity contribution is -0.125. The molecule has 5 nitrogen and oxygen atoms in total. The summed E-state index contributed by atoms with van der Waals surface area (Å²) in [5.74, 6) is 1.43. The summed E-state index contributed by atoms with van der Waals surface area (Å²) >= 11 is 1.63. The SMILES string of the molecule is Cc1nc(CCNC(=O)C(C)(C)c2ccc3c(c2)OCCO3)cs1. The number of hydrogen-bond acceptors (Lipinski definition) is 5. The molecule has 1 aromatic carbocycles. The Morgan fingerprint density at radius 2 is 2.04 bits per heavy atom. The molecule has 2 heterocycles. The predicted molar refractivity (Wildman–Crippen MR) is 94.0 cm³/mol. The average Bonchev–Trinajstić information content (AvgIpc) is 2.99. The molecule has 0 unspecified atom stereocenters. The van der Waals surface area contributed by atoms with E-state index < -0.39 is 5.41 Å². The van der Waals surface area contributed by atoms with Gasteiger partial charge in [0.1, 0.15) is 13.2 Å². The summed E-state index contributed by atoms with van der Waals surface area (Å²) in [6.07, 6.45) is 0.743. The van der Waals surface area contributed by atoms with Crippen molar-refractivity contribution in [2.75, 3.05) is 19.8 Å². The first kappa shape index (κ1) is 16.8. The van der Waals surface area contributed by atoms with Gasteiger partial charge in [-0.15, -0.1) is 11.3 Å². The number of hydrogen-bond donors (Lipinski definition) is 1. The number of rotatable bonds is 5. The summed E-state index contributed by atoms with van der Waals surface area (Å²) < 4.78 is 11.2. The molecule has 0 bridgehead atoms. The topological polar surface area (TPSA) is 60.5 Å². The van der Waals surface area contributed by atoms with Crippen molar-refractivity contribution in [2.45, 2.75) is 32.6 Å². The van der Waals surface area contributed by atoms with E-state index in [1.165, 1.54) is 0 Å². The van der Waals surface area contributed by atoms with Crippen LogP contribution < -0.4 is 14.8 Å². The third-order valence-electron chi connectivity index (χ3n) is 4.16. The molecule has 1 amide bonds. The Morgan fingerprint density at radius 1 is 1.29 bits per heavy atom. The zero-order valence-electron chi connectivity index (χ0n) is 14.2. The number of amides is 1. The van der Waals surface area contributed by atoms with E-state index in [0.717, 1.165) is 28.4 Å². The van der Waals surface area contributed by atoms with E-state index >= 15 is 0 Å². The van der Waals surface area contributed by atoms with E-state index in [0.29, 0.717) is 25.5 Å². The molecule has 24 heavy (non-hydrogen) atoms. The number of aromatic nitrogens is 1. The molecule has 1 aliphatic heterocycles. The third kappa shape index (κ3) is 3.53. The maximum Gasteiger partial charge on any atom is 0.230 e. The van der Waals surface area contributed by atoms with Crippen LogP contribution in [0, 0.1) is 6.92 Å². The van der Waals surface area contributed by atoms with Crippen LogP contribution in [0.15, 0.2) is 23.6 Å². The zero-order chi connectivity index (χ0) is 17.2. The van der Waals surface area contributed by atoms with Crippen LogP contribution in [0.2, 0.25) is 0 Å². The molecule has 0 radical (unpaired) electrons. The van der Waals surface area contributed by atoms with E-state index in [9.17, 15) is 4.79 Å². The number of fused-ring (bicyclic) bond motifs is 1. The highest BCUT2D eigenvalue weighted by Gasteiger charge is 2.30. The second kappa shape index (κ2) is 6.81. The van der Waals surface area contributed by atoms with Crippen LogP contribution in [0.1, 0.15) is 30.1 Å². The summed E-state index contributed by atoms with van der Waals surface area (Å²) in [5.41, 5.74) is 1.29. The average molecular weight is 346 g/mol.